The first-order valence-corrected chi connectivity index (χ1v) is 8.85. The first-order valence-electron chi connectivity index (χ1n) is 8.10. The minimum Gasteiger partial charge on any atom is -0.341 e. The van der Waals surface area contributed by atoms with Gasteiger partial charge in [0.15, 0.2) is 0 Å². The van der Waals surface area contributed by atoms with E-state index in [2.05, 4.69) is 5.32 Å². The van der Waals surface area contributed by atoms with Crippen molar-refractivity contribution in [2.75, 3.05) is 7.05 Å². The highest BCUT2D eigenvalue weighted by atomic mass is 35.5. The van der Waals surface area contributed by atoms with E-state index in [-0.39, 0.29) is 11.8 Å². The van der Waals surface area contributed by atoms with Gasteiger partial charge in [-0.05, 0) is 30.2 Å². The predicted molar refractivity (Wildman–Crippen MR) is 106 cm³/mol. The quantitative estimate of drug-likeness (QED) is 0.752. The van der Waals surface area contributed by atoms with Crippen LogP contribution in [0.4, 0.5) is 0 Å². The summed E-state index contributed by atoms with van der Waals surface area (Å²) in [6, 6.07) is 14.1. The highest BCUT2D eigenvalue weighted by molar-refractivity contribution is 6.42. The van der Waals surface area contributed by atoms with Crippen molar-refractivity contribution in [3.05, 3.63) is 75.8 Å². The van der Waals surface area contributed by atoms with Crippen LogP contribution in [0, 0.1) is 0 Å². The second-order valence-electron chi connectivity index (χ2n) is 5.88. The zero-order valence-electron chi connectivity index (χ0n) is 14.6. The number of hydrogen-bond donors (Lipinski definition) is 1. The molecule has 0 aromatic heterocycles. The van der Waals surface area contributed by atoms with Gasteiger partial charge in [0.05, 0.1) is 10.0 Å². The molecule has 0 fully saturated rings. The van der Waals surface area contributed by atoms with Crippen molar-refractivity contribution in [3.8, 4) is 0 Å². The third-order valence-corrected chi connectivity index (χ3v) is 4.63. The monoisotopic (exact) mass is 390 g/mol. The van der Waals surface area contributed by atoms with E-state index < -0.39 is 6.04 Å². The van der Waals surface area contributed by atoms with E-state index in [9.17, 15) is 9.59 Å². The summed E-state index contributed by atoms with van der Waals surface area (Å²) in [7, 11) is 1.65. The van der Waals surface area contributed by atoms with E-state index in [0.29, 0.717) is 16.6 Å². The van der Waals surface area contributed by atoms with Crippen LogP contribution in [0.5, 0.6) is 0 Å². The first-order chi connectivity index (χ1) is 12.4. The third-order valence-electron chi connectivity index (χ3n) is 3.77. The molecule has 26 heavy (non-hydrogen) atoms. The van der Waals surface area contributed by atoms with Gasteiger partial charge < -0.3 is 10.2 Å². The Bertz CT molecular complexity index is 807. The summed E-state index contributed by atoms with van der Waals surface area (Å²) in [4.78, 5) is 26.0. The van der Waals surface area contributed by atoms with E-state index in [4.69, 9.17) is 23.2 Å². The maximum Gasteiger partial charge on any atom is 0.244 e. The van der Waals surface area contributed by atoms with Crippen molar-refractivity contribution in [2.24, 2.45) is 0 Å². The van der Waals surface area contributed by atoms with Crippen LogP contribution in [0.3, 0.4) is 0 Å². The molecule has 4 nitrogen and oxygen atoms in total. The Balaban J connectivity index is 1.92. The number of nitrogens with one attached hydrogen (secondary N) is 1. The molecule has 0 aliphatic heterocycles. The Morgan fingerprint density at radius 3 is 2.50 bits per heavy atom. The standard InChI is InChI=1S/C20H20Cl2N2O2/c1-14(23-18(25)12-11-15-7-4-3-5-8-15)20(26)24(2)13-16-9-6-10-17(21)19(16)22/h3-12,14H,13H2,1-2H3,(H,23,25)/b12-11-/t14-/m0/s1. The Labute approximate surface area is 163 Å². The fourth-order valence-corrected chi connectivity index (χ4v) is 2.77. The lowest BCUT2D eigenvalue weighted by molar-refractivity contribution is -0.134. The van der Waals surface area contributed by atoms with Gasteiger partial charge in [-0.25, -0.2) is 0 Å². The average molecular weight is 391 g/mol. The molecule has 2 aromatic carbocycles. The molecule has 1 atom stereocenters. The number of benzene rings is 2. The molecule has 0 unspecified atom stereocenters. The summed E-state index contributed by atoms with van der Waals surface area (Å²) in [5.41, 5.74) is 1.66. The van der Waals surface area contributed by atoms with E-state index in [0.717, 1.165) is 11.1 Å². The van der Waals surface area contributed by atoms with Crippen LogP contribution in [-0.2, 0) is 16.1 Å². The fraction of sp³-hybridized carbons (Fsp3) is 0.200. The molecule has 2 amide bonds. The Hall–Kier alpha value is -2.30. The molecule has 0 heterocycles. The number of likely N-dealkylation sites (N-methyl/N-ethyl adjacent to an activating group) is 1. The highest BCUT2D eigenvalue weighted by Crippen LogP contribution is 2.26. The normalized spacial score (nSPS) is 12.0. The minimum atomic E-state index is -0.661. The molecule has 0 spiro atoms. The lowest BCUT2D eigenvalue weighted by Crippen LogP contribution is -2.44. The molecule has 0 radical (unpaired) electrons. The summed E-state index contributed by atoms with van der Waals surface area (Å²) in [5.74, 6) is -0.550. The number of rotatable bonds is 6. The maximum absolute atomic E-state index is 12.5. The van der Waals surface area contributed by atoms with Crippen LogP contribution < -0.4 is 5.32 Å². The Kier molecular flexibility index (Phi) is 7.25. The molecule has 136 valence electrons. The molecule has 2 rings (SSSR count). The van der Waals surface area contributed by atoms with Crippen LogP contribution in [0.1, 0.15) is 18.1 Å². The second-order valence-corrected chi connectivity index (χ2v) is 6.67. The lowest BCUT2D eigenvalue weighted by Gasteiger charge is -2.22. The van der Waals surface area contributed by atoms with Crippen LogP contribution in [0.2, 0.25) is 10.0 Å². The van der Waals surface area contributed by atoms with Crippen molar-refractivity contribution in [1.82, 2.24) is 10.2 Å². The smallest absolute Gasteiger partial charge is 0.244 e. The predicted octanol–water partition coefficient (Wildman–Crippen LogP) is 4.17. The molecule has 0 aliphatic rings. The fourth-order valence-electron chi connectivity index (χ4n) is 2.39. The summed E-state index contributed by atoms with van der Waals surface area (Å²) < 4.78 is 0. The van der Waals surface area contributed by atoms with Crippen LogP contribution in [0.15, 0.2) is 54.6 Å². The summed E-state index contributed by atoms with van der Waals surface area (Å²) in [6.07, 6.45) is 3.11. The van der Waals surface area contributed by atoms with Gasteiger partial charge in [0.1, 0.15) is 6.04 Å². The lowest BCUT2D eigenvalue weighted by atomic mass is 10.2. The Morgan fingerprint density at radius 2 is 1.81 bits per heavy atom. The summed E-state index contributed by atoms with van der Waals surface area (Å²) >= 11 is 12.2. The second kappa shape index (κ2) is 9.41. The third kappa shape index (κ3) is 5.61. The van der Waals surface area contributed by atoms with Gasteiger partial charge in [0.2, 0.25) is 11.8 Å². The number of hydrogen-bond acceptors (Lipinski definition) is 2. The summed E-state index contributed by atoms with van der Waals surface area (Å²) in [5, 5.41) is 3.54. The largest absolute Gasteiger partial charge is 0.341 e. The average Bonchev–Trinajstić information content (AvgIpc) is 2.64. The van der Waals surface area contributed by atoms with Crippen molar-refractivity contribution in [1.29, 1.82) is 0 Å². The molecule has 0 saturated carbocycles. The van der Waals surface area contributed by atoms with Gasteiger partial charge in [-0.2, -0.15) is 0 Å². The van der Waals surface area contributed by atoms with Gasteiger partial charge in [-0.1, -0.05) is 65.7 Å². The van der Waals surface area contributed by atoms with E-state index in [1.165, 1.54) is 11.0 Å². The SMILES string of the molecule is C[C@H](NC(=O)/C=C\c1ccccc1)C(=O)N(C)Cc1cccc(Cl)c1Cl. The number of carbonyl (C=O) groups excluding carboxylic acids is 2. The van der Waals surface area contributed by atoms with E-state index in [1.54, 1.807) is 32.2 Å². The Morgan fingerprint density at radius 1 is 1.12 bits per heavy atom. The summed E-state index contributed by atoms with van der Waals surface area (Å²) in [6.45, 7) is 1.95. The van der Waals surface area contributed by atoms with Crippen LogP contribution in [0.25, 0.3) is 6.08 Å². The highest BCUT2D eigenvalue weighted by Gasteiger charge is 2.19. The molecule has 6 heteroatoms. The van der Waals surface area contributed by atoms with Gasteiger partial charge in [-0.15, -0.1) is 0 Å². The van der Waals surface area contributed by atoms with Gasteiger partial charge in [0.25, 0.3) is 0 Å². The van der Waals surface area contributed by atoms with Crippen LogP contribution in [-0.4, -0.2) is 29.8 Å². The number of carbonyl (C=O) groups is 2. The van der Waals surface area contributed by atoms with Gasteiger partial charge in [-0.3, -0.25) is 9.59 Å². The molecule has 0 aliphatic carbocycles. The number of halogens is 2. The van der Waals surface area contributed by atoms with Crippen molar-refractivity contribution < 1.29 is 9.59 Å². The van der Waals surface area contributed by atoms with Crippen molar-refractivity contribution in [2.45, 2.75) is 19.5 Å². The van der Waals surface area contributed by atoms with Crippen molar-refractivity contribution >= 4 is 41.1 Å². The van der Waals surface area contributed by atoms with Gasteiger partial charge in [0, 0.05) is 19.7 Å². The molecule has 0 bridgehead atoms. The number of nitrogens with zero attached hydrogens (tertiary/aromatic N) is 1. The molecule has 0 saturated heterocycles. The molecular weight excluding hydrogens is 371 g/mol. The maximum atomic E-state index is 12.5. The molecule has 2 aromatic rings. The number of amides is 2. The molecule has 1 N–H and O–H groups in total. The van der Waals surface area contributed by atoms with Gasteiger partial charge >= 0.3 is 0 Å². The van der Waals surface area contributed by atoms with E-state index >= 15 is 0 Å². The van der Waals surface area contributed by atoms with E-state index in [1.807, 2.05) is 36.4 Å². The minimum absolute atomic E-state index is 0.220. The topological polar surface area (TPSA) is 49.4 Å². The zero-order chi connectivity index (χ0) is 19.1. The van der Waals surface area contributed by atoms with Crippen LogP contribution >= 0.6 is 23.2 Å². The van der Waals surface area contributed by atoms with Crippen molar-refractivity contribution in [3.63, 3.8) is 0 Å². The molecular formula is C20H20Cl2N2O2. The zero-order valence-corrected chi connectivity index (χ0v) is 16.1. The first kappa shape index (κ1) is 20.0.